The number of anilines is 2. The Morgan fingerprint density at radius 1 is 1.47 bits per heavy atom. The minimum Gasteiger partial charge on any atom is -0.364 e. The summed E-state index contributed by atoms with van der Waals surface area (Å²) in [5.74, 6) is 0.699. The first-order valence-corrected chi connectivity index (χ1v) is 6.61. The zero-order valence-electron chi connectivity index (χ0n) is 11.3. The van der Waals surface area contributed by atoms with Gasteiger partial charge in [0.2, 0.25) is 11.6 Å². The van der Waals surface area contributed by atoms with Gasteiger partial charge in [0.15, 0.2) is 0 Å². The SMILES string of the molecule is CCNc1ncnc(N(C)C2CCCC2)c1[N+](=O)[O-]. The molecule has 0 unspecified atom stereocenters. The van der Waals surface area contributed by atoms with Gasteiger partial charge in [0, 0.05) is 19.6 Å². The van der Waals surface area contributed by atoms with E-state index in [0.717, 1.165) is 12.8 Å². The first-order valence-electron chi connectivity index (χ1n) is 6.61. The lowest BCUT2D eigenvalue weighted by atomic mass is 10.2. The Balaban J connectivity index is 2.37. The molecule has 0 radical (unpaired) electrons. The molecular weight excluding hydrogens is 246 g/mol. The number of hydrogen-bond acceptors (Lipinski definition) is 6. The van der Waals surface area contributed by atoms with Crippen LogP contribution in [-0.2, 0) is 0 Å². The van der Waals surface area contributed by atoms with E-state index in [9.17, 15) is 10.1 Å². The summed E-state index contributed by atoms with van der Waals surface area (Å²) < 4.78 is 0. The van der Waals surface area contributed by atoms with Crippen molar-refractivity contribution in [3.05, 3.63) is 16.4 Å². The predicted molar refractivity (Wildman–Crippen MR) is 73.5 cm³/mol. The van der Waals surface area contributed by atoms with Crippen LogP contribution in [0.5, 0.6) is 0 Å². The summed E-state index contributed by atoms with van der Waals surface area (Å²) in [4.78, 5) is 20.9. The van der Waals surface area contributed by atoms with Crippen molar-refractivity contribution in [1.29, 1.82) is 0 Å². The molecule has 0 atom stereocenters. The van der Waals surface area contributed by atoms with Crippen molar-refractivity contribution in [1.82, 2.24) is 9.97 Å². The summed E-state index contributed by atoms with van der Waals surface area (Å²) in [6.07, 6.45) is 5.86. The summed E-state index contributed by atoms with van der Waals surface area (Å²) >= 11 is 0. The van der Waals surface area contributed by atoms with Gasteiger partial charge in [-0.3, -0.25) is 10.1 Å². The summed E-state index contributed by atoms with van der Waals surface area (Å²) in [5, 5.41) is 14.2. The monoisotopic (exact) mass is 265 g/mol. The summed E-state index contributed by atoms with van der Waals surface area (Å²) in [7, 11) is 1.88. The average molecular weight is 265 g/mol. The van der Waals surface area contributed by atoms with Crippen LogP contribution < -0.4 is 10.2 Å². The van der Waals surface area contributed by atoms with Gasteiger partial charge in [-0.05, 0) is 19.8 Å². The molecule has 1 heterocycles. The molecule has 1 aromatic heterocycles. The number of aromatic nitrogens is 2. The Morgan fingerprint density at radius 2 is 2.16 bits per heavy atom. The van der Waals surface area contributed by atoms with Gasteiger partial charge >= 0.3 is 5.69 Å². The predicted octanol–water partition coefficient (Wildman–Crippen LogP) is 2.20. The lowest BCUT2D eigenvalue weighted by Gasteiger charge is -2.25. The van der Waals surface area contributed by atoms with E-state index in [1.165, 1.54) is 19.2 Å². The van der Waals surface area contributed by atoms with Crippen molar-refractivity contribution >= 4 is 17.3 Å². The molecule has 0 saturated heterocycles. The molecule has 1 aliphatic carbocycles. The molecule has 1 aromatic rings. The van der Waals surface area contributed by atoms with E-state index >= 15 is 0 Å². The molecular formula is C12H19N5O2. The highest BCUT2D eigenvalue weighted by Crippen LogP contribution is 2.34. The zero-order chi connectivity index (χ0) is 13.8. The summed E-state index contributed by atoms with van der Waals surface area (Å²) in [5.41, 5.74) is -0.0289. The third-order valence-electron chi connectivity index (χ3n) is 3.54. The van der Waals surface area contributed by atoms with E-state index in [2.05, 4.69) is 15.3 Å². The van der Waals surface area contributed by atoms with Gasteiger partial charge in [0.1, 0.15) is 6.33 Å². The van der Waals surface area contributed by atoms with Gasteiger partial charge in [-0.1, -0.05) is 12.8 Å². The van der Waals surface area contributed by atoms with E-state index in [4.69, 9.17) is 0 Å². The van der Waals surface area contributed by atoms with Crippen molar-refractivity contribution in [2.24, 2.45) is 0 Å². The van der Waals surface area contributed by atoms with Gasteiger partial charge in [-0.15, -0.1) is 0 Å². The molecule has 0 spiro atoms. The highest BCUT2D eigenvalue weighted by atomic mass is 16.6. The standard InChI is InChI=1S/C12H19N5O2/c1-3-13-11-10(17(18)19)12(15-8-14-11)16(2)9-6-4-5-7-9/h8-9H,3-7H2,1-2H3,(H,13,14,15). The highest BCUT2D eigenvalue weighted by Gasteiger charge is 2.29. The number of nitro groups is 1. The Labute approximate surface area is 112 Å². The Kier molecular flexibility index (Phi) is 4.13. The lowest BCUT2D eigenvalue weighted by Crippen LogP contribution is -2.30. The van der Waals surface area contributed by atoms with Crippen LogP contribution in [0.25, 0.3) is 0 Å². The van der Waals surface area contributed by atoms with E-state index in [1.54, 1.807) is 0 Å². The van der Waals surface area contributed by atoms with E-state index in [1.807, 2.05) is 18.9 Å². The molecule has 1 aliphatic rings. The van der Waals surface area contributed by atoms with Gasteiger partial charge in [0.25, 0.3) is 0 Å². The van der Waals surface area contributed by atoms with Crippen LogP contribution in [0.15, 0.2) is 6.33 Å². The van der Waals surface area contributed by atoms with Crippen molar-refractivity contribution in [2.45, 2.75) is 38.6 Å². The van der Waals surface area contributed by atoms with Crippen molar-refractivity contribution in [2.75, 3.05) is 23.8 Å². The molecule has 0 aliphatic heterocycles. The quantitative estimate of drug-likeness (QED) is 0.649. The van der Waals surface area contributed by atoms with Crippen LogP contribution in [0.4, 0.5) is 17.3 Å². The van der Waals surface area contributed by atoms with Crippen molar-refractivity contribution < 1.29 is 4.92 Å². The van der Waals surface area contributed by atoms with Crippen LogP contribution in [0.3, 0.4) is 0 Å². The maximum Gasteiger partial charge on any atom is 0.353 e. The maximum absolute atomic E-state index is 11.3. The van der Waals surface area contributed by atoms with E-state index < -0.39 is 4.92 Å². The molecule has 104 valence electrons. The summed E-state index contributed by atoms with van der Waals surface area (Å²) in [6, 6.07) is 0.336. The van der Waals surface area contributed by atoms with Crippen molar-refractivity contribution in [3.63, 3.8) is 0 Å². The molecule has 1 saturated carbocycles. The third kappa shape index (κ3) is 2.74. The topological polar surface area (TPSA) is 84.2 Å². The fourth-order valence-electron chi connectivity index (χ4n) is 2.56. The smallest absolute Gasteiger partial charge is 0.353 e. The second kappa shape index (κ2) is 5.81. The largest absolute Gasteiger partial charge is 0.364 e. The number of nitrogens with one attached hydrogen (secondary N) is 1. The normalized spacial score (nSPS) is 15.5. The number of nitrogens with zero attached hydrogens (tertiary/aromatic N) is 4. The first kappa shape index (κ1) is 13.5. The molecule has 0 amide bonds. The van der Waals surface area contributed by atoms with E-state index in [0.29, 0.717) is 24.2 Å². The van der Waals surface area contributed by atoms with Gasteiger partial charge in [-0.25, -0.2) is 9.97 Å². The van der Waals surface area contributed by atoms with Gasteiger partial charge in [0.05, 0.1) is 4.92 Å². The molecule has 19 heavy (non-hydrogen) atoms. The van der Waals surface area contributed by atoms with Crippen LogP contribution in [0.2, 0.25) is 0 Å². The fourth-order valence-corrected chi connectivity index (χ4v) is 2.56. The van der Waals surface area contributed by atoms with Crippen LogP contribution >= 0.6 is 0 Å². The molecule has 0 aromatic carbocycles. The Bertz CT molecular complexity index is 459. The van der Waals surface area contributed by atoms with Crippen molar-refractivity contribution in [3.8, 4) is 0 Å². The first-order chi connectivity index (χ1) is 9.15. The molecule has 7 heteroatoms. The fraction of sp³-hybridized carbons (Fsp3) is 0.667. The maximum atomic E-state index is 11.3. The van der Waals surface area contributed by atoms with Crippen LogP contribution in [0, 0.1) is 10.1 Å². The Morgan fingerprint density at radius 3 is 2.74 bits per heavy atom. The summed E-state index contributed by atoms with van der Waals surface area (Å²) in [6.45, 7) is 2.47. The van der Waals surface area contributed by atoms with Crippen LogP contribution in [-0.4, -0.2) is 34.5 Å². The number of hydrogen-bond donors (Lipinski definition) is 1. The molecule has 1 N–H and O–H groups in total. The average Bonchev–Trinajstić information content (AvgIpc) is 2.91. The zero-order valence-corrected chi connectivity index (χ0v) is 11.3. The second-order valence-electron chi connectivity index (χ2n) is 4.73. The third-order valence-corrected chi connectivity index (χ3v) is 3.54. The highest BCUT2D eigenvalue weighted by molar-refractivity contribution is 5.70. The minimum absolute atomic E-state index is 0.0289. The van der Waals surface area contributed by atoms with Crippen LogP contribution in [0.1, 0.15) is 32.6 Å². The van der Waals surface area contributed by atoms with Gasteiger partial charge < -0.3 is 10.2 Å². The molecule has 2 rings (SSSR count). The van der Waals surface area contributed by atoms with Gasteiger partial charge in [-0.2, -0.15) is 0 Å². The molecule has 7 nitrogen and oxygen atoms in total. The minimum atomic E-state index is -0.404. The van der Waals surface area contributed by atoms with E-state index in [-0.39, 0.29) is 5.69 Å². The molecule has 1 fully saturated rings. The second-order valence-corrected chi connectivity index (χ2v) is 4.73. The Hall–Kier alpha value is -1.92. The lowest BCUT2D eigenvalue weighted by molar-refractivity contribution is -0.383. The number of rotatable bonds is 5. The molecule has 0 bridgehead atoms.